The highest BCUT2D eigenvalue weighted by atomic mass is 32.2. The summed E-state index contributed by atoms with van der Waals surface area (Å²) in [4.78, 5) is 22.8. The molecule has 2 aliphatic rings. The monoisotopic (exact) mass is 573 g/mol. The molecule has 39 heavy (non-hydrogen) atoms. The number of fused-ring (bicyclic) bond motifs is 2. The van der Waals surface area contributed by atoms with Crippen LogP contribution in [-0.2, 0) is 20.2 Å². The minimum Gasteiger partial charge on any atom is -0.478 e. The fourth-order valence-corrected chi connectivity index (χ4v) is 5.63. The summed E-state index contributed by atoms with van der Waals surface area (Å²) in [5.41, 5.74) is 3.80. The Kier molecular flexibility index (Phi) is 6.78. The Balaban J connectivity index is 2.25. The summed E-state index contributed by atoms with van der Waals surface area (Å²) in [6, 6.07) is 8.17. The predicted octanol–water partition coefficient (Wildman–Crippen LogP) is 2.37. The minimum absolute atomic E-state index is 0.0397. The van der Waals surface area contributed by atoms with Crippen molar-refractivity contribution in [2.24, 2.45) is 0 Å². The summed E-state index contributed by atoms with van der Waals surface area (Å²) < 4.78 is 74.3. The third kappa shape index (κ3) is 4.86. The van der Waals surface area contributed by atoms with Crippen molar-refractivity contribution in [2.75, 3.05) is 12.3 Å². The normalized spacial score (nSPS) is 11.9. The van der Waals surface area contributed by atoms with E-state index in [0.29, 0.717) is 0 Å². The van der Waals surface area contributed by atoms with E-state index >= 15 is 0 Å². The van der Waals surface area contributed by atoms with Crippen LogP contribution in [0.4, 0.5) is 5.69 Å². The van der Waals surface area contributed by atoms with Crippen LogP contribution in [0.15, 0.2) is 69.3 Å². The lowest BCUT2D eigenvalue weighted by Crippen LogP contribution is -2.23. The lowest BCUT2D eigenvalue weighted by atomic mass is 9.89. The smallest absolute Gasteiger partial charge is 0.336 e. The van der Waals surface area contributed by atoms with Crippen LogP contribution in [0.3, 0.4) is 0 Å². The number of benzene rings is 3. The SMILES string of the molecule is C=CCNC(=O)c1ccc(-c2c3ccc(=N)c(S(=O)(=O)O)c-3oc3c(S(=O)(=O)O)c(N)ccc23)c(C(=O)O)c1. The molecule has 0 fully saturated rings. The van der Waals surface area contributed by atoms with Crippen molar-refractivity contribution >= 4 is 48.8 Å². The molecule has 0 saturated carbocycles. The van der Waals surface area contributed by atoms with Gasteiger partial charge in [-0.1, -0.05) is 12.1 Å². The number of carbonyl (C=O) groups is 2. The molecule has 15 heteroatoms. The lowest BCUT2D eigenvalue weighted by Gasteiger charge is -2.20. The number of carboxylic acid groups (broad SMARTS) is 1. The van der Waals surface area contributed by atoms with E-state index in [4.69, 9.17) is 15.6 Å². The van der Waals surface area contributed by atoms with Gasteiger partial charge in [-0.3, -0.25) is 19.3 Å². The summed E-state index contributed by atoms with van der Waals surface area (Å²) in [5, 5.41) is 19.7. The number of aromatic carboxylic acids is 1. The molecule has 0 aromatic heterocycles. The molecule has 0 radical (unpaired) electrons. The predicted molar refractivity (Wildman–Crippen MR) is 138 cm³/mol. The number of carbonyl (C=O) groups excluding carboxylic acids is 1. The largest absolute Gasteiger partial charge is 0.478 e. The number of amides is 1. The van der Waals surface area contributed by atoms with Crippen molar-refractivity contribution in [3.8, 4) is 22.5 Å². The molecule has 2 aromatic carbocycles. The average molecular weight is 574 g/mol. The lowest BCUT2D eigenvalue weighted by molar-refractivity contribution is 0.0697. The third-order valence-corrected chi connectivity index (χ3v) is 7.56. The maximum atomic E-state index is 12.4. The summed E-state index contributed by atoms with van der Waals surface area (Å²) in [6.07, 6.45) is 1.42. The van der Waals surface area contributed by atoms with Crippen molar-refractivity contribution in [2.45, 2.75) is 9.79 Å². The van der Waals surface area contributed by atoms with Gasteiger partial charge in [0.15, 0.2) is 21.1 Å². The number of nitrogens with two attached hydrogens (primary N) is 1. The minimum atomic E-state index is -5.14. The second kappa shape index (κ2) is 9.63. The number of hydrogen-bond donors (Lipinski definition) is 6. The highest BCUT2D eigenvalue weighted by Gasteiger charge is 2.31. The van der Waals surface area contributed by atoms with Crippen LogP contribution < -0.4 is 16.4 Å². The van der Waals surface area contributed by atoms with Crippen LogP contribution in [0.1, 0.15) is 20.7 Å². The topological polar surface area (TPSA) is 238 Å². The van der Waals surface area contributed by atoms with Crippen LogP contribution in [0.5, 0.6) is 0 Å². The van der Waals surface area contributed by atoms with Gasteiger partial charge in [0, 0.05) is 28.6 Å². The molecule has 0 bridgehead atoms. The first-order valence-corrected chi connectivity index (χ1v) is 13.6. The van der Waals surface area contributed by atoms with Gasteiger partial charge in [-0.05, 0) is 42.0 Å². The molecule has 4 rings (SSSR count). The van der Waals surface area contributed by atoms with E-state index in [1.807, 2.05) is 0 Å². The van der Waals surface area contributed by atoms with E-state index in [0.717, 1.165) is 18.2 Å². The molecular formula is C24H19N3O10S2. The summed E-state index contributed by atoms with van der Waals surface area (Å²) in [5.74, 6) is -2.81. The highest BCUT2D eigenvalue weighted by molar-refractivity contribution is 7.86. The Morgan fingerprint density at radius 2 is 1.64 bits per heavy atom. The fraction of sp³-hybridized carbons (Fsp3) is 0.0417. The van der Waals surface area contributed by atoms with E-state index in [1.54, 1.807) is 0 Å². The van der Waals surface area contributed by atoms with Crippen LogP contribution in [0, 0.1) is 5.41 Å². The molecule has 0 saturated heterocycles. The van der Waals surface area contributed by atoms with E-state index in [2.05, 4.69) is 11.9 Å². The second-order valence-corrected chi connectivity index (χ2v) is 10.9. The van der Waals surface area contributed by atoms with Gasteiger partial charge >= 0.3 is 5.97 Å². The van der Waals surface area contributed by atoms with Crippen molar-refractivity contribution in [3.63, 3.8) is 0 Å². The van der Waals surface area contributed by atoms with Crippen molar-refractivity contribution in [1.29, 1.82) is 5.41 Å². The number of anilines is 1. The van der Waals surface area contributed by atoms with Crippen LogP contribution in [0.25, 0.3) is 33.4 Å². The van der Waals surface area contributed by atoms with Crippen LogP contribution in [-0.4, -0.2) is 49.5 Å². The van der Waals surface area contributed by atoms with Gasteiger partial charge in [0.05, 0.1) is 16.6 Å². The molecule has 1 aliphatic heterocycles. The Morgan fingerprint density at radius 3 is 2.23 bits per heavy atom. The molecule has 1 heterocycles. The van der Waals surface area contributed by atoms with E-state index < -0.39 is 69.9 Å². The van der Waals surface area contributed by atoms with Gasteiger partial charge in [-0.15, -0.1) is 6.58 Å². The zero-order valence-electron chi connectivity index (χ0n) is 19.6. The summed E-state index contributed by atoms with van der Waals surface area (Å²) in [7, 11) is -10.2. The first kappa shape index (κ1) is 27.5. The quantitative estimate of drug-likeness (QED) is 0.0811. The Hall–Kier alpha value is -4.57. The first-order valence-electron chi connectivity index (χ1n) is 10.7. The van der Waals surface area contributed by atoms with Crippen molar-refractivity contribution in [3.05, 3.63) is 71.6 Å². The highest BCUT2D eigenvalue weighted by Crippen LogP contribution is 2.45. The maximum Gasteiger partial charge on any atom is 0.336 e. The molecule has 0 spiro atoms. The molecule has 7 N–H and O–H groups in total. The van der Waals surface area contributed by atoms with Crippen molar-refractivity contribution < 1.29 is 45.1 Å². The second-order valence-electron chi connectivity index (χ2n) is 8.17. The number of nitrogen functional groups attached to an aromatic ring is 1. The van der Waals surface area contributed by atoms with Crippen LogP contribution in [0.2, 0.25) is 0 Å². The summed E-state index contributed by atoms with van der Waals surface area (Å²) in [6.45, 7) is 3.59. The molecule has 2 aromatic rings. The van der Waals surface area contributed by atoms with Gasteiger partial charge in [0.25, 0.3) is 26.1 Å². The van der Waals surface area contributed by atoms with Crippen LogP contribution >= 0.6 is 0 Å². The van der Waals surface area contributed by atoms with Gasteiger partial charge in [-0.2, -0.15) is 16.8 Å². The number of carboxylic acids is 1. The fourth-order valence-electron chi connectivity index (χ4n) is 4.14. The van der Waals surface area contributed by atoms with Crippen molar-refractivity contribution in [1.82, 2.24) is 5.32 Å². The standard InChI is InChI=1S/C24H19N3O10S2/c1-2-9-27-23(28)11-3-4-12(15(10-11)24(29)30)18-13-5-7-16(25)21(38(31,32)33)19(13)37-20-14(18)6-8-17(26)22(20)39(34,35)36/h2-8,10,25H,1,9,26H2,(H,27,28)(H,29,30)(H,31,32,33)(H,34,35,36). The zero-order valence-corrected chi connectivity index (χ0v) is 21.3. The first-order chi connectivity index (χ1) is 18.2. The Labute approximate surface area is 220 Å². The molecule has 0 unspecified atom stereocenters. The third-order valence-electron chi connectivity index (χ3n) is 5.70. The number of nitrogens with one attached hydrogen (secondary N) is 2. The molecular weight excluding hydrogens is 554 g/mol. The number of hydrogen-bond acceptors (Lipinski definition) is 9. The van der Waals surface area contributed by atoms with E-state index in [1.165, 1.54) is 30.3 Å². The van der Waals surface area contributed by atoms with Gasteiger partial charge in [-0.25, -0.2) is 4.79 Å². The summed E-state index contributed by atoms with van der Waals surface area (Å²) >= 11 is 0. The van der Waals surface area contributed by atoms with Gasteiger partial charge in [0.1, 0.15) is 0 Å². The Bertz CT molecular complexity index is 1960. The Morgan fingerprint density at radius 1 is 1.00 bits per heavy atom. The molecule has 13 nitrogen and oxygen atoms in total. The number of rotatable bonds is 7. The maximum absolute atomic E-state index is 12.4. The van der Waals surface area contributed by atoms with Gasteiger partial charge in [0.2, 0.25) is 0 Å². The molecule has 0 atom stereocenters. The van der Waals surface area contributed by atoms with E-state index in [9.17, 15) is 40.6 Å². The zero-order chi connectivity index (χ0) is 28.9. The van der Waals surface area contributed by atoms with E-state index in [-0.39, 0.29) is 34.2 Å². The molecule has 1 amide bonds. The molecule has 202 valence electrons. The van der Waals surface area contributed by atoms with Gasteiger partial charge < -0.3 is 20.6 Å². The average Bonchev–Trinajstić information content (AvgIpc) is 2.83. The molecule has 1 aliphatic carbocycles.